The van der Waals surface area contributed by atoms with Crippen LogP contribution in [0.1, 0.15) is 39.0 Å². The van der Waals surface area contributed by atoms with Gasteiger partial charge in [-0.25, -0.2) is 4.98 Å². The van der Waals surface area contributed by atoms with Crippen LogP contribution in [-0.2, 0) is 11.4 Å². The summed E-state index contributed by atoms with van der Waals surface area (Å²) < 4.78 is 11.8. The molecular weight excluding hydrogens is 394 g/mol. The van der Waals surface area contributed by atoms with Crippen LogP contribution in [0.5, 0.6) is 5.75 Å². The van der Waals surface area contributed by atoms with E-state index >= 15 is 0 Å². The number of β-amino-alcohol motifs (C(OH)–C–C–N with tert-alkyl or cyclic N) is 1. The number of aryl methyl sites for hydroxylation is 1. The number of fused-ring (bicyclic) bond motifs is 1. The molecule has 1 fully saturated rings. The highest BCUT2D eigenvalue weighted by molar-refractivity contribution is 7.09. The number of nitrogens with zero attached hydrogens (tertiary/aromatic N) is 2. The van der Waals surface area contributed by atoms with Crippen molar-refractivity contribution < 1.29 is 23.8 Å². The lowest BCUT2D eigenvalue weighted by molar-refractivity contribution is -0.129. The number of aromatic nitrogens is 1. The van der Waals surface area contributed by atoms with Gasteiger partial charge in [-0.05, 0) is 25.5 Å². The normalized spacial score (nSPS) is 16.7. The standard InChI is InChI=1S/C20H21N3O5S/c1-11-16(19(21)25)18-14(28-11)3-2-13(27-10-15-22-5-9-29-15)17(18)12-4-6-23(7-8-24)20(12)26/h2-3,5,9,12,24H,4,6-8,10H2,1H3,(H2,21,25). The Morgan fingerprint density at radius 3 is 3.00 bits per heavy atom. The molecule has 1 saturated heterocycles. The number of primary amides is 1. The highest BCUT2D eigenvalue weighted by atomic mass is 32.1. The number of aliphatic hydroxyl groups is 1. The molecule has 9 heteroatoms. The molecule has 0 saturated carbocycles. The Morgan fingerprint density at radius 2 is 2.31 bits per heavy atom. The van der Waals surface area contributed by atoms with Crippen LogP contribution in [-0.4, -0.2) is 46.5 Å². The predicted octanol–water partition coefficient (Wildman–Crippen LogP) is 2.18. The van der Waals surface area contributed by atoms with E-state index in [0.717, 1.165) is 5.01 Å². The number of aliphatic hydroxyl groups excluding tert-OH is 1. The van der Waals surface area contributed by atoms with Crippen molar-refractivity contribution in [3.63, 3.8) is 0 Å². The third-order valence-corrected chi connectivity index (χ3v) is 5.88. The van der Waals surface area contributed by atoms with E-state index in [1.54, 1.807) is 30.2 Å². The first-order valence-electron chi connectivity index (χ1n) is 9.28. The summed E-state index contributed by atoms with van der Waals surface area (Å²) in [4.78, 5) is 31.0. The van der Waals surface area contributed by atoms with Crippen LogP contribution >= 0.6 is 11.3 Å². The van der Waals surface area contributed by atoms with Gasteiger partial charge in [0.2, 0.25) is 5.91 Å². The van der Waals surface area contributed by atoms with E-state index < -0.39 is 11.8 Å². The number of benzene rings is 1. The first-order chi connectivity index (χ1) is 14.0. The van der Waals surface area contributed by atoms with Crippen LogP contribution in [0.4, 0.5) is 0 Å². The molecule has 1 atom stereocenters. The molecular formula is C20H21N3O5S. The van der Waals surface area contributed by atoms with Crippen LogP contribution in [0, 0.1) is 6.92 Å². The third-order valence-electron chi connectivity index (χ3n) is 5.13. The van der Waals surface area contributed by atoms with Crippen molar-refractivity contribution in [3.05, 3.63) is 45.6 Å². The number of carbonyl (C=O) groups excluding carboxylic acids is 2. The Balaban J connectivity index is 1.84. The highest BCUT2D eigenvalue weighted by Gasteiger charge is 2.37. The molecule has 3 aromatic rings. The van der Waals surface area contributed by atoms with Gasteiger partial charge in [0.1, 0.15) is 28.7 Å². The maximum atomic E-state index is 13.0. The van der Waals surface area contributed by atoms with Crippen molar-refractivity contribution in [2.45, 2.75) is 25.9 Å². The van der Waals surface area contributed by atoms with E-state index in [1.165, 1.54) is 11.3 Å². The number of carbonyl (C=O) groups is 2. The van der Waals surface area contributed by atoms with Crippen molar-refractivity contribution in [2.24, 2.45) is 5.73 Å². The molecule has 1 unspecified atom stereocenters. The Morgan fingerprint density at radius 1 is 1.48 bits per heavy atom. The summed E-state index contributed by atoms with van der Waals surface area (Å²) in [5.74, 6) is -0.326. The zero-order valence-corrected chi connectivity index (χ0v) is 16.7. The zero-order chi connectivity index (χ0) is 20.5. The molecule has 152 valence electrons. The van der Waals surface area contributed by atoms with Crippen LogP contribution in [0.3, 0.4) is 0 Å². The Labute approximate surface area is 170 Å². The average Bonchev–Trinajstić information content (AvgIpc) is 3.39. The average molecular weight is 415 g/mol. The Bertz CT molecular complexity index is 1060. The number of hydrogen-bond acceptors (Lipinski definition) is 7. The van der Waals surface area contributed by atoms with Gasteiger partial charge in [0.25, 0.3) is 5.91 Å². The molecule has 0 bridgehead atoms. The van der Waals surface area contributed by atoms with Gasteiger partial charge in [-0.3, -0.25) is 9.59 Å². The summed E-state index contributed by atoms with van der Waals surface area (Å²) >= 11 is 1.47. The van der Waals surface area contributed by atoms with Gasteiger partial charge < -0.3 is 24.9 Å². The van der Waals surface area contributed by atoms with Crippen LogP contribution in [0.15, 0.2) is 28.1 Å². The molecule has 2 aromatic heterocycles. The van der Waals surface area contributed by atoms with E-state index in [-0.39, 0.29) is 31.2 Å². The third kappa shape index (κ3) is 3.47. The molecule has 1 aliphatic heterocycles. The fourth-order valence-electron chi connectivity index (χ4n) is 3.90. The fourth-order valence-corrected chi connectivity index (χ4v) is 4.42. The second kappa shape index (κ2) is 7.84. The highest BCUT2D eigenvalue weighted by Crippen LogP contribution is 2.42. The lowest BCUT2D eigenvalue weighted by Crippen LogP contribution is -2.29. The molecule has 3 N–H and O–H groups in total. The Kier molecular flexibility index (Phi) is 5.25. The number of likely N-dealkylation sites (tertiary alicyclic amines) is 1. The van der Waals surface area contributed by atoms with Crippen molar-refractivity contribution in [3.8, 4) is 5.75 Å². The summed E-state index contributed by atoms with van der Waals surface area (Å²) in [6.45, 7) is 2.62. The van der Waals surface area contributed by atoms with Gasteiger partial charge in [-0.2, -0.15) is 0 Å². The summed E-state index contributed by atoms with van der Waals surface area (Å²) in [7, 11) is 0. The molecule has 4 rings (SSSR count). The first-order valence-corrected chi connectivity index (χ1v) is 10.2. The molecule has 0 radical (unpaired) electrons. The van der Waals surface area contributed by atoms with Crippen molar-refractivity contribution >= 4 is 34.1 Å². The smallest absolute Gasteiger partial charge is 0.252 e. The summed E-state index contributed by atoms with van der Waals surface area (Å²) in [6, 6.07) is 3.47. The van der Waals surface area contributed by atoms with Crippen molar-refractivity contribution in [2.75, 3.05) is 19.7 Å². The SMILES string of the molecule is Cc1oc2ccc(OCc3nccs3)c(C3CCN(CCO)C3=O)c2c1C(N)=O. The topological polar surface area (TPSA) is 119 Å². The quantitative estimate of drug-likeness (QED) is 0.610. The molecule has 0 aliphatic carbocycles. The van der Waals surface area contributed by atoms with Crippen LogP contribution in [0.2, 0.25) is 0 Å². The molecule has 2 amide bonds. The molecule has 3 heterocycles. The van der Waals surface area contributed by atoms with E-state index in [1.807, 2.05) is 5.38 Å². The molecule has 1 aliphatic rings. The molecule has 0 spiro atoms. The molecule has 29 heavy (non-hydrogen) atoms. The first kappa shape index (κ1) is 19.4. The largest absolute Gasteiger partial charge is 0.486 e. The monoisotopic (exact) mass is 415 g/mol. The van der Waals surface area contributed by atoms with Crippen LogP contribution in [0.25, 0.3) is 11.0 Å². The summed E-state index contributed by atoms with van der Waals surface area (Å²) in [5, 5.41) is 12.4. The number of ether oxygens (including phenoxy) is 1. The van der Waals surface area contributed by atoms with E-state index in [9.17, 15) is 14.7 Å². The lowest BCUT2D eigenvalue weighted by atomic mass is 9.91. The van der Waals surface area contributed by atoms with E-state index in [2.05, 4.69) is 4.98 Å². The Hall–Kier alpha value is -2.91. The van der Waals surface area contributed by atoms with Gasteiger partial charge in [0, 0.05) is 35.6 Å². The van der Waals surface area contributed by atoms with Crippen molar-refractivity contribution in [1.29, 1.82) is 0 Å². The maximum absolute atomic E-state index is 13.0. The summed E-state index contributed by atoms with van der Waals surface area (Å²) in [6.07, 6.45) is 2.25. The van der Waals surface area contributed by atoms with Gasteiger partial charge in [-0.1, -0.05) is 0 Å². The van der Waals surface area contributed by atoms with Gasteiger partial charge in [0.15, 0.2) is 0 Å². The second-order valence-electron chi connectivity index (χ2n) is 6.85. The van der Waals surface area contributed by atoms with Gasteiger partial charge in [0.05, 0.1) is 18.1 Å². The van der Waals surface area contributed by atoms with Crippen molar-refractivity contribution in [1.82, 2.24) is 9.88 Å². The molecule has 8 nitrogen and oxygen atoms in total. The van der Waals surface area contributed by atoms with Gasteiger partial charge in [-0.15, -0.1) is 11.3 Å². The number of hydrogen-bond donors (Lipinski definition) is 2. The number of thiazole rings is 1. The number of rotatable bonds is 7. The summed E-state index contributed by atoms with van der Waals surface area (Å²) in [5.41, 5.74) is 6.99. The van der Waals surface area contributed by atoms with E-state index in [4.69, 9.17) is 14.9 Å². The minimum atomic E-state index is -0.614. The fraction of sp³-hybridized carbons (Fsp3) is 0.350. The minimum Gasteiger partial charge on any atom is -0.486 e. The number of furan rings is 1. The van der Waals surface area contributed by atoms with E-state index in [0.29, 0.717) is 41.0 Å². The lowest BCUT2D eigenvalue weighted by Gasteiger charge is -2.18. The minimum absolute atomic E-state index is 0.104. The number of amides is 2. The zero-order valence-electron chi connectivity index (χ0n) is 15.9. The second-order valence-corrected chi connectivity index (χ2v) is 7.83. The number of nitrogens with two attached hydrogens (primary N) is 1. The molecule has 1 aromatic carbocycles. The predicted molar refractivity (Wildman–Crippen MR) is 107 cm³/mol. The maximum Gasteiger partial charge on any atom is 0.252 e. The van der Waals surface area contributed by atoms with Gasteiger partial charge >= 0.3 is 0 Å². The van der Waals surface area contributed by atoms with Crippen LogP contribution < -0.4 is 10.5 Å².